The molecular weight excluding hydrogens is 464 g/mol. The van der Waals surface area contributed by atoms with Gasteiger partial charge < -0.3 is 15.4 Å². The molecule has 1 aliphatic carbocycles. The Morgan fingerprint density at radius 2 is 1.74 bits per heavy atom. The summed E-state index contributed by atoms with van der Waals surface area (Å²) in [6.07, 6.45) is 2.76. The Kier molecular flexibility index (Phi) is 6.76. The van der Waals surface area contributed by atoms with Gasteiger partial charge >= 0.3 is 6.09 Å². The van der Waals surface area contributed by atoms with Gasteiger partial charge in [0.05, 0.1) is 5.69 Å². The molecule has 9 heteroatoms. The van der Waals surface area contributed by atoms with Crippen molar-refractivity contribution in [3.8, 4) is 11.3 Å². The van der Waals surface area contributed by atoms with Gasteiger partial charge in [-0.3, -0.25) is 14.5 Å². The Balaban J connectivity index is 1.16. The molecule has 0 unspecified atom stereocenters. The molecule has 1 saturated carbocycles. The van der Waals surface area contributed by atoms with Crippen LogP contribution in [0.15, 0.2) is 60.0 Å². The molecule has 1 aromatic heterocycles. The SMILES string of the molecule is O=C(Nc1ccc(-c2csc(NC(=O)[C@@H]3CCCN3C(=O)OCc3ccccc3)n2)cc1)C1CC1. The smallest absolute Gasteiger partial charge is 0.410 e. The van der Waals surface area contributed by atoms with Crippen LogP contribution in [-0.4, -0.2) is 40.4 Å². The number of hydrogen-bond donors (Lipinski definition) is 2. The average Bonchev–Trinajstić information content (AvgIpc) is 3.43. The molecule has 3 amide bonds. The van der Waals surface area contributed by atoms with E-state index in [-0.39, 0.29) is 24.3 Å². The van der Waals surface area contributed by atoms with Gasteiger partial charge in [-0.05, 0) is 43.4 Å². The lowest BCUT2D eigenvalue weighted by atomic mass is 10.1. The normalized spacial score (nSPS) is 17.1. The molecule has 2 aromatic carbocycles. The number of ether oxygens (including phenoxy) is 1. The topological polar surface area (TPSA) is 101 Å². The Labute approximate surface area is 207 Å². The highest BCUT2D eigenvalue weighted by atomic mass is 32.1. The van der Waals surface area contributed by atoms with Crippen LogP contribution in [0.3, 0.4) is 0 Å². The van der Waals surface area contributed by atoms with E-state index >= 15 is 0 Å². The van der Waals surface area contributed by atoms with Gasteiger partial charge in [-0.25, -0.2) is 9.78 Å². The van der Waals surface area contributed by atoms with Gasteiger partial charge in [-0.2, -0.15) is 0 Å². The second-order valence-corrected chi connectivity index (χ2v) is 9.62. The zero-order chi connectivity index (χ0) is 24.2. The number of amides is 3. The van der Waals surface area contributed by atoms with Crippen molar-refractivity contribution in [3.05, 3.63) is 65.5 Å². The molecule has 2 aliphatic rings. The van der Waals surface area contributed by atoms with Crippen molar-refractivity contribution in [2.24, 2.45) is 5.92 Å². The summed E-state index contributed by atoms with van der Waals surface area (Å²) in [5.74, 6) is -0.0413. The van der Waals surface area contributed by atoms with Crippen LogP contribution in [-0.2, 0) is 20.9 Å². The molecule has 0 radical (unpaired) electrons. The van der Waals surface area contributed by atoms with Crippen molar-refractivity contribution >= 4 is 40.1 Å². The lowest BCUT2D eigenvalue weighted by Crippen LogP contribution is -2.43. The number of hydrogen-bond acceptors (Lipinski definition) is 6. The van der Waals surface area contributed by atoms with Gasteiger partial charge in [0.1, 0.15) is 12.6 Å². The van der Waals surface area contributed by atoms with Crippen LogP contribution in [0.4, 0.5) is 15.6 Å². The van der Waals surface area contributed by atoms with E-state index in [1.807, 2.05) is 60.0 Å². The van der Waals surface area contributed by atoms with Crippen molar-refractivity contribution < 1.29 is 19.1 Å². The van der Waals surface area contributed by atoms with Crippen LogP contribution in [0.25, 0.3) is 11.3 Å². The highest BCUT2D eigenvalue weighted by Crippen LogP contribution is 2.31. The maximum atomic E-state index is 12.9. The van der Waals surface area contributed by atoms with Gasteiger partial charge in [0.25, 0.3) is 0 Å². The van der Waals surface area contributed by atoms with E-state index in [4.69, 9.17) is 4.74 Å². The van der Waals surface area contributed by atoms with Gasteiger partial charge in [0.15, 0.2) is 5.13 Å². The van der Waals surface area contributed by atoms with Crippen LogP contribution in [0.5, 0.6) is 0 Å². The minimum atomic E-state index is -0.583. The number of rotatable bonds is 7. The Bertz CT molecular complexity index is 1210. The van der Waals surface area contributed by atoms with Crippen molar-refractivity contribution in [1.29, 1.82) is 0 Å². The molecule has 35 heavy (non-hydrogen) atoms. The molecular formula is C26H26N4O4S. The van der Waals surface area contributed by atoms with E-state index < -0.39 is 12.1 Å². The number of carbonyl (C=O) groups is 3. The highest BCUT2D eigenvalue weighted by molar-refractivity contribution is 7.14. The molecule has 5 rings (SSSR count). The number of likely N-dealkylation sites (tertiary alicyclic amines) is 1. The third-order valence-corrected chi connectivity index (χ3v) is 6.88. The molecule has 1 saturated heterocycles. The van der Waals surface area contributed by atoms with Crippen molar-refractivity contribution in [2.75, 3.05) is 17.2 Å². The summed E-state index contributed by atoms with van der Waals surface area (Å²) < 4.78 is 5.42. The molecule has 1 aliphatic heterocycles. The van der Waals surface area contributed by atoms with E-state index in [0.717, 1.165) is 41.8 Å². The molecule has 1 atom stereocenters. The largest absolute Gasteiger partial charge is 0.445 e. The minimum absolute atomic E-state index is 0.0707. The first-order valence-corrected chi connectivity index (χ1v) is 12.6. The number of anilines is 2. The first-order valence-electron chi connectivity index (χ1n) is 11.7. The summed E-state index contributed by atoms with van der Waals surface area (Å²) in [5, 5.41) is 8.11. The van der Waals surface area contributed by atoms with E-state index in [1.54, 1.807) is 0 Å². The zero-order valence-electron chi connectivity index (χ0n) is 19.1. The number of benzene rings is 2. The van der Waals surface area contributed by atoms with E-state index in [2.05, 4.69) is 15.6 Å². The number of nitrogens with zero attached hydrogens (tertiary/aromatic N) is 2. The van der Waals surface area contributed by atoms with Crippen molar-refractivity contribution in [1.82, 2.24) is 9.88 Å². The van der Waals surface area contributed by atoms with Crippen LogP contribution in [0.2, 0.25) is 0 Å². The van der Waals surface area contributed by atoms with Crippen LogP contribution in [0, 0.1) is 5.92 Å². The predicted octanol–water partition coefficient (Wildman–Crippen LogP) is 4.90. The summed E-state index contributed by atoms with van der Waals surface area (Å²) >= 11 is 1.33. The Morgan fingerprint density at radius 1 is 0.971 bits per heavy atom. The third kappa shape index (κ3) is 5.68. The summed E-state index contributed by atoms with van der Waals surface area (Å²) in [6.45, 7) is 0.655. The summed E-state index contributed by atoms with van der Waals surface area (Å²) in [5.41, 5.74) is 3.28. The number of aromatic nitrogens is 1. The monoisotopic (exact) mass is 490 g/mol. The summed E-state index contributed by atoms with van der Waals surface area (Å²) in [6, 6.07) is 16.4. The van der Waals surface area contributed by atoms with Crippen molar-refractivity contribution in [3.63, 3.8) is 0 Å². The van der Waals surface area contributed by atoms with Crippen LogP contribution in [0.1, 0.15) is 31.2 Å². The van der Waals surface area contributed by atoms with Crippen molar-refractivity contribution in [2.45, 2.75) is 38.3 Å². The Morgan fingerprint density at radius 3 is 2.49 bits per heavy atom. The lowest BCUT2D eigenvalue weighted by Gasteiger charge is -2.22. The maximum Gasteiger partial charge on any atom is 0.410 e. The fourth-order valence-electron chi connectivity index (χ4n) is 4.03. The standard InChI is InChI=1S/C26H26N4O4S/c31-23(19-8-9-19)27-20-12-10-18(11-13-20)21-16-35-25(28-21)29-24(32)22-7-4-14-30(22)26(33)34-15-17-5-2-1-3-6-17/h1-3,5-6,10-13,16,19,22H,4,7-9,14-15H2,(H,27,31)(H,28,29,32)/t22-/m0/s1. The van der Waals surface area contributed by atoms with E-state index in [0.29, 0.717) is 18.1 Å². The fourth-order valence-corrected chi connectivity index (χ4v) is 4.75. The predicted molar refractivity (Wildman–Crippen MR) is 134 cm³/mol. The van der Waals surface area contributed by atoms with Crippen LogP contribution < -0.4 is 10.6 Å². The molecule has 180 valence electrons. The van der Waals surface area contributed by atoms with Gasteiger partial charge in [0, 0.05) is 29.1 Å². The van der Waals surface area contributed by atoms with E-state index in [9.17, 15) is 14.4 Å². The molecule has 3 aromatic rings. The second kappa shape index (κ2) is 10.3. The second-order valence-electron chi connectivity index (χ2n) is 8.76. The molecule has 0 bridgehead atoms. The first-order chi connectivity index (χ1) is 17.1. The number of thiazole rings is 1. The molecule has 2 heterocycles. The van der Waals surface area contributed by atoms with E-state index in [1.165, 1.54) is 16.2 Å². The molecule has 2 N–H and O–H groups in total. The summed E-state index contributed by atoms with van der Waals surface area (Å²) in [4.78, 5) is 43.5. The van der Waals surface area contributed by atoms with Gasteiger partial charge in [-0.1, -0.05) is 42.5 Å². The maximum absolute atomic E-state index is 12.9. The average molecular weight is 491 g/mol. The summed E-state index contributed by atoms with van der Waals surface area (Å²) in [7, 11) is 0. The first kappa shape index (κ1) is 23.0. The third-order valence-electron chi connectivity index (χ3n) is 6.13. The number of nitrogens with one attached hydrogen (secondary N) is 2. The van der Waals surface area contributed by atoms with Gasteiger partial charge in [-0.15, -0.1) is 11.3 Å². The quantitative estimate of drug-likeness (QED) is 0.491. The molecule has 8 nitrogen and oxygen atoms in total. The number of carbonyl (C=O) groups excluding carboxylic acids is 3. The highest BCUT2D eigenvalue weighted by Gasteiger charge is 2.35. The zero-order valence-corrected chi connectivity index (χ0v) is 19.9. The fraction of sp³-hybridized carbons (Fsp3) is 0.308. The molecule has 2 fully saturated rings. The lowest BCUT2D eigenvalue weighted by molar-refractivity contribution is -0.120. The Hall–Kier alpha value is -3.72. The molecule has 0 spiro atoms. The van der Waals surface area contributed by atoms with Gasteiger partial charge in [0.2, 0.25) is 11.8 Å². The van der Waals surface area contributed by atoms with Crippen LogP contribution >= 0.6 is 11.3 Å². The minimum Gasteiger partial charge on any atom is -0.445 e.